The Bertz CT molecular complexity index is 972. The lowest BCUT2D eigenvalue weighted by atomic mass is 10.1. The Labute approximate surface area is 164 Å². The lowest BCUT2D eigenvalue weighted by Gasteiger charge is -2.25. The smallest absolute Gasteiger partial charge is 0.295 e. The third-order valence-electron chi connectivity index (χ3n) is 5.21. The molecular weight excluding hydrogens is 352 g/mol. The molecule has 0 unspecified atom stereocenters. The minimum absolute atomic E-state index is 0.386. The summed E-state index contributed by atoms with van der Waals surface area (Å²) in [6, 6.07) is 17.4. The van der Waals surface area contributed by atoms with Gasteiger partial charge in [-0.05, 0) is 37.5 Å². The molecule has 1 aliphatic rings. The van der Waals surface area contributed by atoms with Crippen LogP contribution in [0.5, 0.6) is 5.75 Å². The number of hydrogen-bond acceptors (Lipinski definition) is 3. The molecule has 0 aliphatic carbocycles. The molecule has 1 fully saturated rings. The molecule has 0 spiro atoms. The van der Waals surface area contributed by atoms with Gasteiger partial charge in [-0.25, -0.2) is 0 Å². The molecule has 0 atom stereocenters. The lowest BCUT2D eigenvalue weighted by molar-refractivity contribution is -0.127. The van der Waals surface area contributed by atoms with Crippen LogP contribution in [0.15, 0.2) is 60.8 Å². The first-order valence-electron chi connectivity index (χ1n) is 9.83. The topological polar surface area (TPSA) is 51.5 Å². The summed E-state index contributed by atoms with van der Waals surface area (Å²) in [6.07, 6.45) is 4.86. The summed E-state index contributed by atoms with van der Waals surface area (Å²) >= 11 is 0. The molecule has 2 aromatic carbocycles. The Morgan fingerprint density at radius 3 is 2.39 bits per heavy atom. The minimum Gasteiger partial charge on any atom is -0.492 e. The van der Waals surface area contributed by atoms with E-state index in [1.54, 1.807) is 11.1 Å². The van der Waals surface area contributed by atoms with Crippen LogP contribution in [0.3, 0.4) is 0 Å². The molecule has 3 aromatic rings. The van der Waals surface area contributed by atoms with Gasteiger partial charge in [0.2, 0.25) is 0 Å². The van der Waals surface area contributed by atoms with Crippen molar-refractivity contribution in [2.75, 3.05) is 19.7 Å². The van der Waals surface area contributed by atoms with Gasteiger partial charge >= 0.3 is 0 Å². The fraction of sp³-hybridized carbons (Fsp3) is 0.304. The molecule has 0 bridgehead atoms. The van der Waals surface area contributed by atoms with Crippen molar-refractivity contribution in [2.24, 2.45) is 0 Å². The van der Waals surface area contributed by atoms with Gasteiger partial charge in [0.1, 0.15) is 12.4 Å². The van der Waals surface area contributed by atoms with Crippen molar-refractivity contribution in [3.05, 3.63) is 66.4 Å². The highest BCUT2D eigenvalue weighted by Gasteiger charge is 2.27. The summed E-state index contributed by atoms with van der Waals surface area (Å²) in [5, 5.41) is 0.817. The highest BCUT2D eigenvalue weighted by Crippen LogP contribution is 2.23. The van der Waals surface area contributed by atoms with Crippen molar-refractivity contribution in [3.8, 4) is 5.75 Å². The number of ether oxygens (including phenoxy) is 1. The van der Waals surface area contributed by atoms with Gasteiger partial charge in [0, 0.05) is 30.2 Å². The van der Waals surface area contributed by atoms with Crippen LogP contribution >= 0.6 is 0 Å². The van der Waals surface area contributed by atoms with Crippen LogP contribution in [0.1, 0.15) is 29.6 Å². The number of likely N-dealkylation sites (tertiary alicyclic amines) is 1. The van der Waals surface area contributed by atoms with Gasteiger partial charge in [0.15, 0.2) is 0 Å². The predicted molar refractivity (Wildman–Crippen MR) is 109 cm³/mol. The largest absolute Gasteiger partial charge is 0.492 e. The Morgan fingerprint density at radius 1 is 0.893 bits per heavy atom. The number of amides is 1. The Balaban J connectivity index is 1.54. The molecule has 1 saturated heterocycles. The number of Topliss-reactive ketones (excluding diaryl/α,β-unsaturated/α-hetero) is 1. The van der Waals surface area contributed by atoms with Crippen LogP contribution in [0, 0.1) is 0 Å². The normalized spacial score (nSPS) is 14.2. The number of ketones is 1. The van der Waals surface area contributed by atoms with E-state index >= 15 is 0 Å². The fourth-order valence-corrected chi connectivity index (χ4v) is 3.75. The maximum Gasteiger partial charge on any atom is 0.295 e. The first kappa shape index (κ1) is 18.3. The second-order valence-corrected chi connectivity index (χ2v) is 7.10. The zero-order valence-electron chi connectivity index (χ0n) is 15.8. The number of para-hydroxylation sites is 2. The quantitative estimate of drug-likeness (QED) is 0.484. The van der Waals surface area contributed by atoms with E-state index in [1.165, 1.54) is 0 Å². The number of aromatic nitrogens is 1. The number of hydrogen-bond donors (Lipinski definition) is 0. The van der Waals surface area contributed by atoms with Gasteiger partial charge in [-0.1, -0.05) is 36.4 Å². The van der Waals surface area contributed by atoms with Gasteiger partial charge in [-0.3, -0.25) is 9.59 Å². The predicted octanol–water partition coefficient (Wildman–Crippen LogP) is 3.92. The Kier molecular flexibility index (Phi) is 5.42. The zero-order valence-corrected chi connectivity index (χ0v) is 15.8. The van der Waals surface area contributed by atoms with Gasteiger partial charge in [-0.15, -0.1) is 0 Å². The van der Waals surface area contributed by atoms with Crippen LogP contribution in [0.25, 0.3) is 10.9 Å². The zero-order chi connectivity index (χ0) is 19.3. The van der Waals surface area contributed by atoms with Crippen molar-refractivity contribution in [1.29, 1.82) is 0 Å². The molecule has 1 amide bonds. The molecule has 1 aliphatic heterocycles. The molecule has 5 nitrogen and oxygen atoms in total. The second-order valence-electron chi connectivity index (χ2n) is 7.10. The van der Waals surface area contributed by atoms with Gasteiger partial charge < -0.3 is 14.2 Å². The van der Waals surface area contributed by atoms with Crippen molar-refractivity contribution >= 4 is 22.6 Å². The molecule has 4 rings (SSSR count). The number of carbonyl (C=O) groups excluding carboxylic acids is 2. The van der Waals surface area contributed by atoms with E-state index in [4.69, 9.17) is 4.74 Å². The van der Waals surface area contributed by atoms with E-state index in [2.05, 4.69) is 0 Å². The van der Waals surface area contributed by atoms with E-state index in [9.17, 15) is 9.59 Å². The summed E-state index contributed by atoms with van der Waals surface area (Å²) in [4.78, 5) is 27.3. The van der Waals surface area contributed by atoms with E-state index < -0.39 is 5.78 Å². The number of carbonyl (C=O) groups is 2. The van der Waals surface area contributed by atoms with Gasteiger partial charge in [0.25, 0.3) is 11.7 Å². The Hall–Kier alpha value is -3.08. The lowest BCUT2D eigenvalue weighted by Crippen LogP contribution is -2.40. The first-order valence-corrected chi connectivity index (χ1v) is 9.83. The minimum atomic E-state index is -0.416. The summed E-state index contributed by atoms with van der Waals surface area (Å²) in [5.41, 5.74) is 1.42. The van der Waals surface area contributed by atoms with E-state index in [0.29, 0.717) is 31.8 Å². The average Bonchev–Trinajstić information content (AvgIpc) is 3.13. The number of rotatable bonds is 6. The van der Waals surface area contributed by atoms with Crippen LogP contribution in [0.2, 0.25) is 0 Å². The van der Waals surface area contributed by atoms with Crippen LogP contribution < -0.4 is 4.74 Å². The molecule has 2 heterocycles. The van der Waals surface area contributed by atoms with Gasteiger partial charge in [0.05, 0.1) is 12.1 Å². The molecule has 5 heteroatoms. The van der Waals surface area contributed by atoms with Gasteiger partial charge in [-0.2, -0.15) is 0 Å². The standard InChI is InChI=1S/C23H24N2O3/c26-22(23(27)24-13-7-2-8-14-24)20-17-25(21-12-6-5-11-19(20)21)15-16-28-18-9-3-1-4-10-18/h1,3-6,9-12,17H,2,7-8,13-16H2. The molecule has 144 valence electrons. The maximum atomic E-state index is 12.9. The number of nitrogens with zero attached hydrogens (tertiary/aromatic N) is 2. The van der Waals surface area contributed by atoms with Crippen LogP contribution in [-0.2, 0) is 11.3 Å². The number of fused-ring (bicyclic) bond motifs is 1. The van der Waals surface area contributed by atoms with Crippen molar-refractivity contribution in [1.82, 2.24) is 9.47 Å². The van der Waals surface area contributed by atoms with Crippen molar-refractivity contribution < 1.29 is 14.3 Å². The highest BCUT2D eigenvalue weighted by molar-refractivity contribution is 6.44. The summed E-state index contributed by atoms with van der Waals surface area (Å²) in [5.74, 6) is 0.0134. The van der Waals surface area contributed by atoms with E-state index in [-0.39, 0.29) is 5.91 Å². The molecule has 0 N–H and O–H groups in total. The maximum absolute atomic E-state index is 12.9. The third kappa shape index (κ3) is 3.79. The van der Waals surface area contributed by atoms with E-state index in [1.807, 2.05) is 59.2 Å². The SMILES string of the molecule is O=C(C(=O)N1CCCCC1)c1cn(CCOc2ccccc2)c2ccccc12. The summed E-state index contributed by atoms with van der Waals surface area (Å²) in [6.45, 7) is 2.43. The average molecular weight is 376 g/mol. The highest BCUT2D eigenvalue weighted by atomic mass is 16.5. The van der Waals surface area contributed by atoms with E-state index in [0.717, 1.165) is 35.9 Å². The molecular formula is C23H24N2O3. The fourth-order valence-electron chi connectivity index (χ4n) is 3.75. The molecule has 0 radical (unpaired) electrons. The van der Waals surface area contributed by atoms with Crippen molar-refractivity contribution in [3.63, 3.8) is 0 Å². The van der Waals surface area contributed by atoms with Crippen molar-refractivity contribution in [2.45, 2.75) is 25.8 Å². The van der Waals surface area contributed by atoms with Crippen LogP contribution in [-0.4, -0.2) is 40.9 Å². The first-order chi connectivity index (χ1) is 13.7. The monoisotopic (exact) mass is 376 g/mol. The molecule has 28 heavy (non-hydrogen) atoms. The Morgan fingerprint density at radius 2 is 1.61 bits per heavy atom. The van der Waals surface area contributed by atoms with Crippen LogP contribution in [0.4, 0.5) is 0 Å². The number of piperidine rings is 1. The molecule has 1 aromatic heterocycles. The third-order valence-corrected chi connectivity index (χ3v) is 5.21. The molecule has 0 saturated carbocycles. The number of benzene rings is 2. The summed E-state index contributed by atoms with van der Waals surface area (Å²) in [7, 11) is 0. The summed E-state index contributed by atoms with van der Waals surface area (Å²) < 4.78 is 7.79. The second kappa shape index (κ2) is 8.30.